The first kappa shape index (κ1) is 21.2. The summed E-state index contributed by atoms with van der Waals surface area (Å²) in [5, 5.41) is 10.0. The monoisotopic (exact) mass is 533 g/mol. The first-order valence-corrected chi connectivity index (χ1v) is 12.9. The summed E-state index contributed by atoms with van der Waals surface area (Å²) in [6.45, 7) is 1.44. The molecule has 35 heavy (non-hydrogen) atoms. The Bertz CT molecular complexity index is 1460. The van der Waals surface area contributed by atoms with E-state index < -0.39 is 0 Å². The molecule has 2 bridgehead atoms. The first-order chi connectivity index (χ1) is 17.1. The Morgan fingerprint density at radius 1 is 1.17 bits per heavy atom. The highest BCUT2D eigenvalue weighted by molar-refractivity contribution is 9.10. The summed E-state index contributed by atoms with van der Waals surface area (Å²) in [5.41, 5.74) is 2.56. The molecular weight excluding hydrogens is 510 g/mol. The average molecular weight is 534 g/mol. The fourth-order valence-electron chi connectivity index (χ4n) is 5.74. The van der Waals surface area contributed by atoms with Gasteiger partial charge in [0.15, 0.2) is 5.65 Å². The van der Waals surface area contributed by atoms with Gasteiger partial charge in [-0.15, -0.1) is 0 Å². The van der Waals surface area contributed by atoms with Gasteiger partial charge in [0.1, 0.15) is 4.60 Å². The first-order valence-electron chi connectivity index (χ1n) is 12.1. The molecule has 3 aromatic heterocycles. The molecule has 7 rings (SSSR count). The Hall–Kier alpha value is -3.11. The van der Waals surface area contributed by atoms with Gasteiger partial charge in [-0.25, -0.2) is 9.67 Å². The number of aromatic nitrogens is 5. The van der Waals surface area contributed by atoms with Gasteiger partial charge >= 0.3 is 0 Å². The van der Waals surface area contributed by atoms with Gasteiger partial charge in [-0.2, -0.15) is 10.1 Å². The fraction of sp³-hybridized carbons (Fsp3) is 0.400. The van der Waals surface area contributed by atoms with Crippen molar-refractivity contribution in [1.29, 1.82) is 0 Å². The van der Waals surface area contributed by atoms with Crippen molar-refractivity contribution >= 4 is 49.7 Å². The number of carbonyl (C=O) groups is 1. The number of anilines is 1. The molecule has 3 aliphatic rings. The Balaban J connectivity index is 1.12. The third-order valence-corrected chi connectivity index (χ3v) is 8.09. The number of hydrogen-bond acceptors (Lipinski definition) is 7. The normalized spacial score (nSPS) is 25.7. The minimum atomic E-state index is 0.0569. The molecule has 9 nitrogen and oxygen atoms in total. The third kappa shape index (κ3) is 3.66. The molecule has 10 heteroatoms. The smallest absolute Gasteiger partial charge is 0.226 e. The maximum atomic E-state index is 13.1. The highest BCUT2D eigenvalue weighted by atomic mass is 79.9. The van der Waals surface area contributed by atoms with Gasteiger partial charge in [0.2, 0.25) is 11.9 Å². The number of halogens is 1. The van der Waals surface area contributed by atoms with E-state index in [0.717, 1.165) is 59.9 Å². The molecule has 0 unspecified atom stereocenters. The molecule has 178 valence electrons. The van der Waals surface area contributed by atoms with Crippen LogP contribution in [0.3, 0.4) is 0 Å². The van der Waals surface area contributed by atoms with Crippen LogP contribution in [0.5, 0.6) is 0 Å². The number of likely N-dealkylation sites (tertiary alicyclic amines) is 1. The highest BCUT2D eigenvalue weighted by Crippen LogP contribution is 2.35. The van der Waals surface area contributed by atoms with Crippen LogP contribution in [0.25, 0.3) is 27.6 Å². The summed E-state index contributed by atoms with van der Waals surface area (Å²) in [6.07, 6.45) is 7.43. The molecule has 2 saturated heterocycles. The Kier molecular flexibility index (Phi) is 4.99. The van der Waals surface area contributed by atoms with Crippen molar-refractivity contribution in [3.63, 3.8) is 0 Å². The zero-order valence-corrected chi connectivity index (χ0v) is 20.6. The zero-order valence-electron chi connectivity index (χ0n) is 19.0. The van der Waals surface area contributed by atoms with Crippen LogP contribution in [0.15, 0.2) is 47.3 Å². The molecule has 4 aromatic rings. The molecule has 1 N–H and O–H groups in total. The number of ether oxygens (including phenoxy) is 1. The second-order valence-electron chi connectivity index (χ2n) is 9.70. The summed E-state index contributed by atoms with van der Waals surface area (Å²) < 4.78 is 8.18. The molecule has 5 heterocycles. The van der Waals surface area contributed by atoms with Crippen LogP contribution in [0, 0.1) is 5.92 Å². The van der Waals surface area contributed by atoms with E-state index in [4.69, 9.17) is 9.72 Å². The SMILES string of the molecule is O=C([C@@H]1CC[C@@H](Nc2ncc3c(Br)nn(-c4ccc5ncccc5c4)c3n2)C1)N1C[C@H]2C[C@@H]1CO2. The lowest BCUT2D eigenvalue weighted by atomic mass is 10.1. The van der Waals surface area contributed by atoms with Crippen molar-refractivity contribution in [2.24, 2.45) is 5.92 Å². The summed E-state index contributed by atoms with van der Waals surface area (Å²) >= 11 is 3.55. The number of morpholine rings is 1. The van der Waals surface area contributed by atoms with Gasteiger partial charge in [-0.1, -0.05) is 6.07 Å². The number of fused-ring (bicyclic) bond motifs is 4. The number of carbonyl (C=O) groups excluding carboxylic acids is 1. The van der Waals surface area contributed by atoms with Crippen LogP contribution in [0.1, 0.15) is 25.7 Å². The molecule has 0 spiro atoms. The summed E-state index contributed by atoms with van der Waals surface area (Å²) in [7, 11) is 0. The number of hydrogen-bond donors (Lipinski definition) is 1. The molecule has 2 aliphatic heterocycles. The van der Waals surface area contributed by atoms with Gasteiger partial charge in [-0.3, -0.25) is 9.78 Å². The molecule has 1 aliphatic carbocycles. The lowest BCUT2D eigenvalue weighted by Gasteiger charge is -2.29. The molecule has 4 atom stereocenters. The maximum Gasteiger partial charge on any atom is 0.226 e. The quantitative estimate of drug-likeness (QED) is 0.427. The van der Waals surface area contributed by atoms with E-state index in [-0.39, 0.29) is 30.0 Å². The van der Waals surface area contributed by atoms with Crippen LogP contribution in [0.2, 0.25) is 0 Å². The topological polar surface area (TPSA) is 98.1 Å². The summed E-state index contributed by atoms with van der Waals surface area (Å²) in [4.78, 5) is 28.9. The molecule has 1 amide bonds. The van der Waals surface area contributed by atoms with Crippen molar-refractivity contribution in [1.82, 2.24) is 29.6 Å². The Morgan fingerprint density at radius 2 is 2.11 bits per heavy atom. The van der Waals surface area contributed by atoms with E-state index >= 15 is 0 Å². The summed E-state index contributed by atoms with van der Waals surface area (Å²) in [5.74, 6) is 0.899. The Labute approximate surface area is 210 Å². The molecule has 1 saturated carbocycles. The van der Waals surface area contributed by atoms with E-state index in [1.165, 1.54) is 0 Å². The predicted molar refractivity (Wildman–Crippen MR) is 134 cm³/mol. The minimum Gasteiger partial charge on any atom is -0.374 e. The third-order valence-electron chi connectivity index (χ3n) is 7.51. The lowest BCUT2D eigenvalue weighted by molar-refractivity contribution is -0.139. The number of amides is 1. The van der Waals surface area contributed by atoms with Gasteiger partial charge in [0.05, 0.1) is 35.3 Å². The van der Waals surface area contributed by atoms with E-state index in [9.17, 15) is 4.79 Å². The van der Waals surface area contributed by atoms with Gasteiger partial charge < -0.3 is 15.0 Å². The van der Waals surface area contributed by atoms with E-state index in [2.05, 4.69) is 47.3 Å². The van der Waals surface area contributed by atoms with Gasteiger partial charge in [0.25, 0.3) is 0 Å². The molecule has 0 radical (unpaired) electrons. The largest absolute Gasteiger partial charge is 0.374 e. The Morgan fingerprint density at radius 3 is 2.97 bits per heavy atom. The molecular formula is C25H24BrN7O2. The number of rotatable bonds is 4. The second kappa shape index (κ2) is 8.23. The van der Waals surface area contributed by atoms with Gasteiger partial charge in [-0.05, 0) is 65.9 Å². The molecule has 3 fully saturated rings. The summed E-state index contributed by atoms with van der Waals surface area (Å²) in [6, 6.07) is 10.4. The van der Waals surface area contributed by atoms with Crippen LogP contribution in [0.4, 0.5) is 5.95 Å². The van der Waals surface area contributed by atoms with Crippen LogP contribution in [-0.4, -0.2) is 66.9 Å². The minimum absolute atomic E-state index is 0.0569. The number of nitrogens with one attached hydrogen (secondary N) is 1. The van der Waals surface area contributed by atoms with Crippen LogP contribution < -0.4 is 5.32 Å². The number of pyridine rings is 1. The lowest BCUT2D eigenvalue weighted by Crippen LogP contribution is -2.44. The number of benzene rings is 1. The predicted octanol–water partition coefficient (Wildman–Crippen LogP) is 3.71. The van der Waals surface area contributed by atoms with E-state index in [0.29, 0.717) is 17.2 Å². The fourth-order valence-corrected chi connectivity index (χ4v) is 6.17. The van der Waals surface area contributed by atoms with Crippen molar-refractivity contribution in [2.45, 2.75) is 43.9 Å². The van der Waals surface area contributed by atoms with Crippen molar-refractivity contribution < 1.29 is 9.53 Å². The average Bonchev–Trinajstić information content (AvgIpc) is 3.68. The molecule has 1 aromatic carbocycles. The highest BCUT2D eigenvalue weighted by Gasteiger charge is 2.44. The number of nitrogens with zero attached hydrogens (tertiary/aromatic N) is 6. The van der Waals surface area contributed by atoms with E-state index in [1.54, 1.807) is 12.4 Å². The van der Waals surface area contributed by atoms with Crippen molar-refractivity contribution in [3.05, 3.63) is 47.3 Å². The van der Waals surface area contributed by atoms with Crippen LogP contribution in [-0.2, 0) is 9.53 Å². The van der Waals surface area contributed by atoms with Crippen molar-refractivity contribution in [3.8, 4) is 5.69 Å². The standard InChI is InChI=1S/C25H24BrN7O2/c26-22-20-11-28-25(29-16-4-3-15(8-16)24(34)32-12-19-10-18(32)13-35-19)30-23(20)33(31-22)17-5-6-21-14(9-17)2-1-7-27-21/h1-2,5-7,9,11,15-16,18-19H,3-4,8,10,12-13H2,(H,28,29,30)/t15-,16-,18-,19-/m1/s1. The van der Waals surface area contributed by atoms with Gasteiger partial charge in [0, 0.05) is 36.3 Å². The van der Waals surface area contributed by atoms with Crippen LogP contribution >= 0.6 is 15.9 Å². The van der Waals surface area contributed by atoms with Crippen molar-refractivity contribution in [2.75, 3.05) is 18.5 Å². The second-order valence-corrected chi connectivity index (χ2v) is 10.5. The maximum absolute atomic E-state index is 13.1. The zero-order chi connectivity index (χ0) is 23.5. The van der Waals surface area contributed by atoms with E-state index in [1.807, 2.05) is 28.9 Å².